The number of methoxy groups -OCH3 is 1. The summed E-state index contributed by atoms with van der Waals surface area (Å²) < 4.78 is 5.19. The topological polar surface area (TPSA) is 70.8 Å². The lowest BCUT2D eigenvalue weighted by molar-refractivity contribution is 0.415. The van der Waals surface area contributed by atoms with Gasteiger partial charge < -0.3 is 10.1 Å². The number of nitriles is 1. The van der Waals surface area contributed by atoms with E-state index >= 15 is 0 Å². The highest BCUT2D eigenvalue weighted by Crippen LogP contribution is 2.27. The van der Waals surface area contributed by atoms with E-state index in [1.165, 1.54) is 6.33 Å². The minimum Gasteiger partial charge on any atom is -0.497 e. The second-order valence-electron chi connectivity index (χ2n) is 4.54. The van der Waals surface area contributed by atoms with Crippen molar-refractivity contribution in [1.82, 2.24) is 9.97 Å². The molecule has 0 bridgehead atoms. The van der Waals surface area contributed by atoms with Crippen LogP contribution in [0.1, 0.15) is 5.56 Å². The van der Waals surface area contributed by atoms with Crippen LogP contribution in [0.25, 0.3) is 10.9 Å². The first kappa shape index (κ1) is 14.1. The summed E-state index contributed by atoms with van der Waals surface area (Å²) in [6, 6.07) is 12.7. The number of hydrogen-bond donors (Lipinski definition) is 1. The molecule has 0 spiro atoms. The third-order valence-electron chi connectivity index (χ3n) is 3.20. The Morgan fingerprint density at radius 1 is 1.18 bits per heavy atom. The van der Waals surface area contributed by atoms with Crippen molar-refractivity contribution in [3.05, 3.63) is 53.3 Å². The van der Waals surface area contributed by atoms with Crippen LogP contribution in [-0.2, 0) is 0 Å². The summed E-state index contributed by atoms with van der Waals surface area (Å²) in [5.74, 6) is 1.40. The van der Waals surface area contributed by atoms with Crippen molar-refractivity contribution in [1.29, 1.82) is 5.26 Å². The molecule has 0 saturated heterocycles. The molecule has 0 aliphatic heterocycles. The lowest BCUT2D eigenvalue weighted by atomic mass is 10.2. The van der Waals surface area contributed by atoms with E-state index in [1.54, 1.807) is 25.3 Å². The molecular weight excluding hydrogens is 300 g/mol. The minimum absolute atomic E-state index is 0.396. The summed E-state index contributed by atoms with van der Waals surface area (Å²) in [6.07, 6.45) is 1.48. The Labute approximate surface area is 132 Å². The molecular formula is C16H11ClN4O. The van der Waals surface area contributed by atoms with Crippen molar-refractivity contribution in [2.45, 2.75) is 0 Å². The molecule has 0 unspecified atom stereocenters. The van der Waals surface area contributed by atoms with Gasteiger partial charge in [0.15, 0.2) is 0 Å². The summed E-state index contributed by atoms with van der Waals surface area (Å²) in [7, 11) is 1.61. The molecule has 0 amide bonds. The zero-order valence-corrected chi connectivity index (χ0v) is 12.4. The largest absolute Gasteiger partial charge is 0.497 e. The maximum absolute atomic E-state index is 8.90. The summed E-state index contributed by atoms with van der Waals surface area (Å²) in [4.78, 5) is 8.50. The van der Waals surface area contributed by atoms with Gasteiger partial charge in [0.2, 0.25) is 0 Å². The predicted molar refractivity (Wildman–Crippen MR) is 85.5 cm³/mol. The number of anilines is 2. The number of aromatic nitrogens is 2. The molecule has 5 nitrogen and oxygen atoms in total. The van der Waals surface area contributed by atoms with Crippen molar-refractivity contribution < 1.29 is 4.74 Å². The molecule has 3 aromatic rings. The molecule has 1 N–H and O–H groups in total. The van der Waals surface area contributed by atoms with Crippen LogP contribution >= 0.6 is 11.6 Å². The van der Waals surface area contributed by atoms with Crippen LogP contribution in [0, 0.1) is 11.3 Å². The molecule has 0 fully saturated rings. The molecule has 1 aromatic heterocycles. The highest BCUT2D eigenvalue weighted by molar-refractivity contribution is 6.32. The highest BCUT2D eigenvalue weighted by Gasteiger charge is 2.07. The van der Waals surface area contributed by atoms with Gasteiger partial charge in [-0.3, -0.25) is 0 Å². The normalized spacial score (nSPS) is 10.2. The van der Waals surface area contributed by atoms with Crippen LogP contribution in [0.15, 0.2) is 42.7 Å². The fourth-order valence-electron chi connectivity index (χ4n) is 2.08. The molecule has 0 radical (unpaired) electrons. The molecule has 22 heavy (non-hydrogen) atoms. The van der Waals surface area contributed by atoms with Crippen LogP contribution in [0.4, 0.5) is 11.5 Å². The van der Waals surface area contributed by atoms with Crippen molar-refractivity contribution >= 4 is 34.0 Å². The average Bonchev–Trinajstić information content (AvgIpc) is 2.55. The van der Waals surface area contributed by atoms with Gasteiger partial charge in [-0.25, -0.2) is 9.97 Å². The Hall–Kier alpha value is -2.84. The SMILES string of the molecule is COc1ccc2c(Nc3ccc(C#N)c(Cl)c3)ncnc2c1. The van der Waals surface area contributed by atoms with E-state index in [1.807, 2.05) is 24.3 Å². The van der Waals surface area contributed by atoms with Gasteiger partial charge >= 0.3 is 0 Å². The minimum atomic E-state index is 0.396. The van der Waals surface area contributed by atoms with Gasteiger partial charge in [-0.1, -0.05) is 11.6 Å². The number of benzene rings is 2. The first-order chi connectivity index (χ1) is 10.7. The van der Waals surface area contributed by atoms with Gasteiger partial charge in [-0.05, 0) is 30.3 Å². The van der Waals surface area contributed by atoms with E-state index in [2.05, 4.69) is 15.3 Å². The number of halogens is 1. The Balaban J connectivity index is 2.00. The number of fused-ring (bicyclic) bond motifs is 1. The van der Waals surface area contributed by atoms with Gasteiger partial charge in [0.1, 0.15) is 24.0 Å². The molecule has 0 aliphatic rings. The smallest absolute Gasteiger partial charge is 0.141 e. The fraction of sp³-hybridized carbons (Fsp3) is 0.0625. The van der Waals surface area contributed by atoms with Crippen molar-refractivity contribution in [2.75, 3.05) is 12.4 Å². The highest BCUT2D eigenvalue weighted by atomic mass is 35.5. The molecule has 0 atom stereocenters. The van der Waals surface area contributed by atoms with Gasteiger partial charge in [0.25, 0.3) is 0 Å². The van der Waals surface area contributed by atoms with Crippen LogP contribution in [0.2, 0.25) is 5.02 Å². The number of nitrogens with one attached hydrogen (secondary N) is 1. The maximum Gasteiger partial charge on any atom is 0.141 e. The summed E-state index contributed by atoms with van der Waals surface area (Å²) >= 11 is 6.04. The quantitative estimate of drug-likeness (QED) is 0.794. The number of rotatable bonds is 3. The zero-order valence-electron chi connectivity index (χ0n) is 11.7. The van der Waals surface area contributed by atoms with Gasteiger partial charge in [0, 0.05) is 17.1 Å². The second kappa shape index (κ2) is 5.88. The van der Waals surface area contributed by atoms with Crippen molar-refractivity contribution in [2.24, 2.45) is 0 Å². The van der Waals surface area contributed by atoms with Gasteiger partial charge in [-0.2, -0.15) is 5.26 Å². The molecule has 3 rings (SSSR count). The number of ether oxygens (including phenoxy) is 1. The van der Waals surface area contributed by atoms with E-state index in [0.717, 1.165) is 22.3 Å². The molecule has 108 valence electrons. The lowest BCUT2D eigenvalue weighted by Crippen LogP contribution is -1.96. The predicted octanol–water partition coefficient (Wildman–Crippen LogP) is 3.91. The Bertz CT molecular complexity index is 889. The third-order valence-corrected chi connectivity index (χ3v) is 3.51. The second-order valence-corrected chi connectivity index (χ2v) is 4.94. The monoisotopic (exact) mass is 310 g/mol. The van der Waals surface area contributed by atoms with Crippen LogP contribution in [0.5, 0.6) is 5.75 Å². The molecule has 1 heterocycles. The standard InChI is InChI=1S/C16H11ClN4O/c1-22-12-4-5-13-15(7-12)19-9-20-16(13)21-11-3-2-10(8-18)14(17)6-11/h2-7,9H,1H3,(H,19,20,21). The summed E-state index contributed by atoms with van der Waals surface area (Å²) in [5.41, 5.74) is 1.96. The van der Waals surface area contributed by atoms with E-state index in [4.69, 9.17) is 21.6 Å². The van der Waals surface area contributed by atoms with Crippen molar-refractivity contribution in [3.63, 3.8) is 0 Å². The molecule has 6 heteroatoms. The first-order valence-electron chi connectivity index (χ1n) is 6.46. The van der Waals surface area contributed by atoms with Crippen LogP contribution in [-0.4, -0.2) is 17.1 Å². The number of nitrogens with zero attached hydrogens (tertiary/aromatic N) is 3. The van der Waals surface area contributed by atoms with Crippen LogP contribution < -0.4 is 10.1 Å². The van der Waals surface area contributed by atoms with E-state index < -0.39 is 0 Å². The maximum atomic E-state index is 8.90. The fourth-order valence-corrected chi connectivity index (χ4v) is 2.31. The molecule has 0 saturated carbocycles. The van der Waals surface area contributed by atoms with E-state index in [9.17, 15) is 0 Å². The number of hydrogen-bond acceptors (Lipinski definition) is 5. The van der Waals surface area contributed by atoms with Crippen molar-refractivity contribution in [3.8, 4) is 11.8 Å². The van der Waals surface area contributed by atoms with E-state index in [0.29, 0.717) is 16.4 Å². The third kappa shape index (κ3) is 2.65. The Kier molecular flexibility index (Phi) is 3.77. The zero-order chi connectivity index (χ0) is 15.5. The lowest BCUT2D eigenvalue weighted by Gasteiger charge is -2.09. The summed E-state index contributed by atoms with van der Waals surface area (Å²) in [6.45, 7) is 0. The Morgan fingerprint density at radius 2 is 2.05 bits per heavy atom. The van der Waals surface area contributed by atoms with Gasteiger partial charge in [0.05, 0.1) is 23.2 Å². The molecule has 2 aromatic carbocycles. The first-order valence-corrected chi connectivity index (χ1v) is 6.84. The van der Waals surface area contributed by atoms with E-state index in [-0.39, 0.29) is 0 Å². The van der Waals surface area contributed by atoms with Gasteiger partial charge in [-0.15, -0.1) is 0 Å². The average molecular weight is 311 g/mol. The Morgan fingerprint density at radius 3 is 2.77 bits per heavy atom. The summed E-state index contributed by atoms with van der Waals surface area (Å²) in [5, 5.41) is 13.4. The van der Waals surface area contributed by atoms with Crippen LogP contribution in [0.3, 0.4) is 0 Å². The molecule has 0 aliphatic carbocycles.